The lowest BCUT2D eigenvalue weighted by molar-refractivity contribution is 0.0697. The fourth-order valence-corrected chi connectivity index (χ4v) is 2.12. The average Bonchev–Trinajstić information content (AvgIpc) is 2.42. The van der Waals surface area contributed by atoms with E-state index in [0.717, 1.165) is 12.2 Å². The Balaban J connectivity index is 2.29. The van der Waals surface area contributed by atoms with Gasteiger partial charge in [-0.2, -0.15) is 0 Å². The van der Waals surface area contributed by atoms with Crippen LogP contribution in [0.25, 0.3) is 0 Å². The second-order valence-electron chi connectivity index (χ2n) is 5.04. The van der Waals surface area contributed by atoms with Crippen molar-refractivity contribution in [3.05, 3.63) is 29.8 Å². The van der Waals surface area contributed by atoms with Gasteiger partial charge in [-0.25, -0.2) is 4.79 Å². The molecule has 0 saturated heterocycles. The molecule has 1 N–H and O–H groups in total. The van der Waals surface area contributed by atoms with Gasteiger partial charge in [-0.1, -0.05) is 39.0 Å². The molecule has 1 aromatic rings. The van der Waals surface area contributed by atoms with E-state index < -0.39 is 5.97 Å². The van der Waals surface area contributed by atoms with E-state index in [4.69, 9.17) is 5.11 Å². The summed E-state index contributed by atoms with van der Waals surface area (Å²) in [6.45, 7) is 3.26. The molecule has 0 aliphatic rings. The van der Waals surface area contributed by atoms with Crippen LogP contribution < -0.4 is 4.90 Å². The van der Waals surface area contributed by atoms with Crippen LogP contribution in [0, 0.1) is 0 Å². The zero-order valence-corrected chi connectivity index (χ0v) is 12.1. The molecular formula is C16H25NO2. The van der Waals surface area contributed by atoms with Crippen molar-refractivity contribution in [2.24, 2.45) is 0 Å². The summed E-state index contributed by atoms with van der Waals surface area (Å²) in [6, 6.07) is 7.08. The first-order valence-corrected chi connectivity index (χ1v) is 7.19. The van der Waals surface area contributed by atoms with Crippen molar-refractivity contribution < 1.29 is 9.90 Å². The van der Waals surface area contributed by atoms with E-state index in [1.165, 1.54) is 38.5 Å². The van der Waals surface area contributed by atoms with Crippen molar-refractivity contribution >= 4 is 11.7 Å². The van der Waals surface area contributed by atoms with Crippen molar-refractivity contribution in [2.75, 3.05) is 18.5 Å². The highest BCUT2D eigenvalue weighted by atomic mass is 16.4. The highest BCUT2D eigenvalue weighted by Gasteiger charge is 2.04. The van der Waals surface area contributed by atoms with Gasteiger partial charge >= 0.3 is 5.97 Å². The minimum absolute atomic E-state index is 0.344. The third-order valence-corrected chi connectivity index (χ3v) is 3.40. The Morgan fingerprint density at radius 1 is 1.05 bits per heavy atom. The van der Waals surface area contributed by atoms with Crippen molar-refractivity contribution in [2.45, 2.75) is 45.4 Å². The summed E-state index contributed by atoms with van der Waals surface area (Å²) in [6.07, 6.45) is 7.76. The number of carboxylic acid groups (broad SMARTS) is 1. The SMILES string of the molecule is CCCCCCCCN(C)c1ccc(C(=O)O)cc1. The fourth-order valence-electron chi connectivity index (χ4n) is 2.12. The number of carbonyl (C=O) groups is 1. The number of anilines is 1. The normalized spacial score (nSPS) is 10.4. The van der Waals surface area contributed by atoms with Crippen LogP contribution in [-0.2, 0) is 0 Å². The van der Waals surface area contributed by atoms with Crippen LogP contribution in [0.5, 0.6) is 0 Å². The molecule has 3 heteroatoms. The number of aromatic carboxylic acids is 1. The van der Waals surface area contributed by atoms with Gasteiger partial charge in [0.2, 0.25) is 0 Å². The van der Waals surface area contributed by atoms with E-state index in [9.17, 15) is 4.79 Å². The first kappa shape index (κ1) is 15.5. The molecule has 106 valence electrons. The number of benzene rings is 1. The van der Waals surface area contributed by atoms with Gasteiger partial charge in [-0.15, -0.1) is 0 Å². The van der Waals surface area contributed by atoms with Crippen molar-refractivity contribution in [3.8, 4) is 0 Å². The number of carboxylic acids is 1. The van der Waals surface area contributed by atoms with E-state index in [2.05, 4.69) is 18.9 Å². The molecule has 0 spiro atoms. The van der Waals surface area contributed by atoms with Crippen molar-refractivity contribution in [1.82, 2.24) is 0 Å². The van der Waals surface area contributed by atoms with Gasteiger partial charge in [0.1, 0.15) is 0 Å². The van der Waals surface area contributed by atoms with Crippen molar-refractivity contribution in [1.29, 1.82) is 0 Å². The van der Waals surface area contributed by atoms with Crippen LogP contribution in [0.3, 0.4) is 0 Å². The molecule has 0 aliphatic carbocycles. The third-order valence-electron chi connectivity index (χ3n) is 3.40. The van der Waals surface area contributed by atoms with Gasteiger partial charge in [0.05, 0.1) is 5.56 Å². The maximum Gasteiger partial charge on any atom is 0.335 e. The van der Waals surface area contributed by atoms with Gasteiger partial charge in [0.15, 0.2) is 0 Å². The summed E-state index contributed by atoms with van der Waals surface area (Å²) in [5.74, 6) is -0.870. The van der Waals surface area contributed by atoms with Crippen molar-refractivity contribution in [3.63, 3.8) is 0 Å². The zero-order chi connectivity index (χ0) is 14.1. The predicted octanol–water partition coefficient (Wildman–Crippen LogP) is 4.18. The van der Waals surface area contributed by atoms with Crippen LogP contribution in [0.1, 0.15) is 55.8 Å². The molecule has 0 aromatic heterocycles. The summed E-state index contributed by atoms with van der Waals surface area (Å²) in [4.78, 5) is 13.0. The molecule has 0 heterocycles. The second-order valence-corrected chi connectivity index (χ2v) is 5.04. The standard InChI is InChI=1S/C16H25NO2/c1-3-4-5-6-7-8-13-17(2)15-11-9-14(10-12-15)16(18)19/h9-12H,3-8,13H2,1-2H3,(H,18,19). The lowest BCUT2D eigenvalue weighted by atomic mass is 10.1. The predicted molar refractivity (Wildman–Crippen MR) is 80.0 cm³/mol. The maximum absolute atomic E-state index is 10.8. The summed E-state index contributed by atoms with van der Waals surface area (Å²) < 4.78 is 0. The molecule has 1 rings (SSSR count). The molecule has 0 bridgehead atoms. The van der Waals surface area contributed by atoms with E-state index in [-0.39, 0.29) is 0 Å². The summed E-state index contributed by atoms with van der Waals surface area (Å²) in [5.41, 5.74) is 1.43. The number of hydrogen-bond donors (Lipinski definition) is 1. The molecule has 0 radical (unpaired) electrons. The molecule has 3 nitrogen and oxygen atoms in total. The zero-order valence-electron chi connectivity index (χ0n) is 12.1. The Bertz CT molecular complexity index is 373. The summed E-state index contributed by atoms with van der Waals surface area (Å²) >= 11 is 0. The second kappa shape index (κ2) is 8.57. The molecule has 0 unspecified atom stereocenters. The largest absolute Gasteiger partial charge is 0.478 e. The minimum Gasteiger partial charge on any atom is -0.478 e. The highest BCUT2D eigenvalue weighted by molar-refractivity contribution is 5.88. The number of nitrogens with zero attached hydrogens (tertiary/aromatic N) is 1. The lowest BCUT2D eigenvalue weighted by Crippen LogP contribution is -2.18. The van der Waals surface area contributed by atoms with Crippen LogP contribution in [0.15, 0.2) is 24.3 Å². The topological polar surface area (TPSA) is 40.5 Å². The number of hydrogen-bond acceptors (Lipinski definition) is 2. The molecule has 0 saturated carbocycles. The minimum atomic E-state index is -0.870. The Morgan fingerprint density at radius 3 is 2.21 bits per heavy atom. The lowest BCUT2D eigenvalue weighted by Gasteiger charge is -2.19. The monoisotopic (exact) mass is 263 g/mol. The van der Waals surface area contributed by atoms with Gasteiger partial charge in [0.25, 0.3) is 0 Å². The van der Waals surface area contributed by atoms with Crippen LogP contribution in [0.2, 0.25) is 0 Å². The Labute approximate surface area is 116 Å². The van der Waals surface area contributed by atoms with E-state index in [1.807, 2.05) is 12.1 Å². The first-order valence-electron chi connectivity index (χ1n) is 7.19. The molecule has 0 fully saturated rings. The molecule has 0 aliphatic heterocycles. The molecule has 1 aromatic carbocycles. The highest BCUT2D eigenvalue weighted by Crippen LogP contribution is 2.15. The van der Waals surface area contributed by atoms with Crippen LogP contribution in [0.4, 0.5) is 5.69 Å². The maximum atomic E-state index is 10.8. The fraction of sp³-hybridized carbons (Fsp3) is 0.562. The van der Waals surface area contributed by atoms with E-state index >= 15 is 0 Å². The van der Waals surface area contributed by atoms with Gasteiger partial charge in [0, 0.05) is 19.3 Å². The molecule has 0 amide bonds. The third kappa shape index (κ3) is 5.77. The average molecular weight is 263 g/mol. The Hall–Kier alpha value is -1.51. The number of rotatable bonds is 9. The van der Waals surface area contributed by atoms with Gasteiger partial charge in [-0.3, -0.25) is 0 Å². The first-order chi connectivity index (χ1) is 9.15. The van der Waals surface area contributed by atoms with E-state index in [0.29, 0.717) is 5.56 Å². The smallest absolute Gasteiger partial charge is 0.335 e. The quantitative estimate of drug-likeness (QED) is 0.679. The molecular weight excluding hydrogens is 238 g/mol. The number of unbranched alkanes of at least 4 members (excludes halogenated alkanes) is 5. The summed E-state index contributed by atoms with van der Waals surface area (Å²) in [7, 11) is 2.06. The summed E-state index contributed by atoms with van der Waals surface area (Å²) in [5, 5.41) is 8.84. The Morgan fingerprint density at radius 2 is 1.63 bits per heavy atom. The Kier molecular flexibility index (Phi) is 7.01. The van der Waals surface area contributed by atoms with E-state index in [1.54, 1.807) is 12.1 Å². The van der Waals surface area contributed by atoms with Gasteiger partial charge < -0.3 is 10.0 Å². The van der Waals surface area contributed by atoms with Crippen LogP contribution in [-0.4, -0.2) is 24.7 Å². The van der Waals surface area contributed by atoms with Gasteiger partial charge in [-0.05, 0) is 30.7 Å². The molecule has 0 atom stereocenters. The van der Waals surface area contributed by atoms with Crippen LogP contribution >= 0.6 is 0 Å². The molecule has 19 heavy (non-hydrogen) atoms.